The van der Waals surface area contributed by atoms with Crippen LogP contribution in [0, 0.1) is 5.92 Å². The minimum atomic E-state index is 0.224. The minimum absolute atomic E-state index is 0.224. The first-order chi connectivity index (χ1) is 9.31. The van der Waals surface area contributed by atoms with Gasteiger partial charge in [-0.3, -0.25) is 0 Å². The summed E-state index contributed by atoms with van der Waals surface area (Å²) >= 11 is 0. The summed E-state index contributed by atoms with van der Waals surface area (Å²) in [5, 5.41) is 12.0. The highest BCUT2D eigenvalue weighted by Crippen LogP contribution is 1.89. The molecular formula is C14H31NO4. The summed E-state index contributed by atoms with van der Waals surface area (Å²) in [7, 11) is 0. The Morgan fingerprint density at radius 3 is 2.11 bits per heavy atom. The summed E-state index contributed by atoms with van der Waals surface area (Å²) < 4.78 is 16.1. The van der Waals surface area contributed by atoms with Crippen LogP contribution < -0.4 is 5.32 Å². The van der Waals surface area contributed by atoms with E-state index in [0.29, 0.717) is 39.0 Å². The third-order valence-electron chi connectivity index (χ3n) is 2.61. The van der Waals surface area contributed by atoms with Crippen LogP contribution in [0.4, 0.5) is 0 Å². The lowest BCUT2D eigenvalue weighted by Gasteiger charge is -2.10. The van der Waals surface area contributed by atoms with Crippen molar-refractivity contribution in [3.8, 4) is 0 Å². The predicted octanol–water partition coefficient (Wildman–Crippen LogP) is 1.05. The zero-order valence-corrected chi connectivity index (χ0v) is 12.5. The normalized spacial score (nSPS) is 12.8. The van der Waals surface area contributed by atoms with Crippen LogP contribution in [-0.4, -0.2) is 64.4 Å². The van der Waals surface area contributed by atoms with Gasteiger partial charge in [0.05, 0.1) is 33.0 Å². The van der Waals surface area contributed by atoms with Crippen molar-refractivity contribution in [2.24, 2.45) is 5.92 Å². The number of rotatable bonds is 15. The monoisotopic (exact) mass is 277 g/mol. The van der Waals surface area contributed by atoms with Crippen molar-refractivity contribution in [1.82, 2.24) is 5.32 Å². The summed E-state index contributed by atoms with van der Waals surface area (Å²) in [6.45, 7) is 10.1. The summed E-state index contributed by atoms with van der Waals surface area (Å²) in [6, 6.07) is 0. The van der Waals surface area contributed by atoms with E-state index in [0.717, 1.165) is 26.1 Å². The average molecular weight is 277 g/mol. The Kier molecular flexibility index (Phi) is 15.7. The highest BCUT2D eigenvalue weighted by atomic mass is 16.5. The summed E-state index contributed by atoms with van der Waals surface area (Å²) in [5.74, 6) is 0.302. The Bertz CT molecular complexity index is 170. The van der Waals surface area contributed by atoms with E-state index in [1.165, 1.54) is 6.42 Å². The lowest BCUT2D eigenvalue weighted by molar-refractivity contribution is 0.0145. The number of nitrogens with one attached hydrogen (secondary N) is 1. The topological polar surface area (TPSA) is 60.0 Å². The molecule has 5 heteroatoms. The van der Waals surface area contributed by atoms with Crippen LogP contribution in [-0.2, 0) is 14.2 Å². The third kappa shape index (κ3) is 15.7. The third-order valence-corrected chi connectivity index (χ3v) is 2.61. The Morgan fingerprint density at radius 2 is 1.53 bits per heavy atom. The van der Waals surface area contributed by atoms with E-state index >= 15 is 0 Å². The molecule has 2 N–H and O–H groups in total. The number of ether oxygens (including phenoxy) is 3. The molecule has 0 saturated heterocycles. The molecule has 0 aromatic heterocycles. The van der Waals surface area contributed by atoms with E-state index in [1.807, 2.05) is 6.92 Å². The molecule has 1 unspecified atom stereocenters. The van der Waals surface area contributed by atoms with E-state index in [-0.39, 0.29) is 6.61 Å². The molecule has 0 spiro atoms. The van der Waals surface area contributed by atoms with Gasteiger partial charge in [-0.15, -0.1) is 0 Å². The maximum Gasteiger partial charge on any atom is 0.0701 e. The number of aliphatic hydroxyl groups is 1. The molecule has 0 fully saturated rings. The quantitative estimate of drug-likeness (QED) is 0.438. The fraction of sp³-hybridized carbons (Fsp3) is 1.00. The number of hydrogen-bond donors (Lipinski definition) is 2. The maximum atomic E-state index is 8.83. The van der Waals surface area contributed by atoms with Crippen molar-refractivity contribution in [3.63, 3.8) is 0 Å². The standard InChI is InChI=1S/C14H31NO4/c1-3-4-6-17-8-10-19-11-9-18-7-5-15-12-14(2)13-16/h14-16H,3-13H2,1-2H3. The van der Waals surface area contributed by atoms with Gasteiger partial charge in [0.15, 0.2) is 0 Å². The Labute approximate surface area is 117 Å². The molecule has 19 heavy (non-hydrogen) atoms. The summed E-state index contributed by atoms with van der Waals surface area (Å²) in [6.07, 6.45) is 2.28. The molecule has 0 aliphatic carbocycles. The number of hydrogen-bond acceptors (Lipinski definition) is 5. The molecule has 0 aromatic carbocycles. The van der Waals surface area contributed by atoms with Gasteiger partial charge in [0.2, 0.25) is 0 Å². The van der Waals surface area contributed by atoms with Gasteiger partial charge in [-0.2, -0.15) is 0 Å². The lowest BCUT2D eigenvalue weighted by atomic mass is 10.2. The van der Waals surface area contributed by atoms with Gasteiger partial charge in [-0.1, -0.05) is 20.3 Å². The smallest absolute Gasteiger partial charge is 0.0701 e. The molecule has 0 amide bonds. The molecular weight excluding hydrogens is 246 g/mol. The molecule has 0 heterocycles. The van der Waals surface area contributed by atoms with Gasteiger partial charge < -0.3 is 24.6 Å². The molecule has 5 nitrogen and oxygen atoms in total. The Balaban J connectivity index is 2.95. The SMILES string of the molecule is CCCCOCCOCCOCCNCC(C)CO. The van der Waals surface area contributed by atoms with Gasteiger partial charge in [0, 0.05) is 19.8 Å². The first-order valence-corrected chi connectivity index (χ1v) is 7.36. The Hall–Kier alpha value is -0.200. The van der Waals surface area contributed by atoms with Crippen LogP contribution in [0.25, 0.3) is 0 Å². The largest absolute Gasteiger partial charge is 0.396 e. The van der Waals surface area contributed by atoms with Crippen molar-refractivity contribution in [3.05, 3.63) is 0 Å². The fourth-order valence-electron chi connectivity index (χ4n) is 1.35. The van der Waals surface area contributed by atoms with E-state index < -0.39 is 0 Å². The van der Waals surface area contributed by atoms with Crippen LogP contribution in [0.5, 0.6) is 0 Å². The van der Waals surface area contributed by atoms with Crippen LogP contribution >= 0.6 is 0 Å². The highest BCUT2D eigenvalue weighted by Gasteiger charge is 1.97. The molecule has 1 atom stereocenters. The zero-order valence-electron chi connectivity index (χ0n) is 12.5. The second-order valence-corrected chi connectivity index (χ2v) is 4.68. The second kappa shape index (κ2) is 15.9. The van der Waals surface area contributed by atoms with Gasteiger partial charge in [-0.05, 0) is 18.9 Å². The van der Waals surface area contributed by atoms with Crippen molar-refractivity contribution >= 4 is 0 Å². The van der Waals surface area contributed by atoms with Gasteiger partial charge in [0.1, 0.15) is 0 Å². The van der Waals surface area contributed by atoms with Crippen molar-refractivity contribution < 1.29 is 19.3 Å². The van der Waals surface area contributed by atoms with Crippen molar-refractivity contribution in [1.29, 1.82) is 0 Å². The van der Waals surface area contributed by atoms with E-state index in [9.17, 15) is 0 Å². The molecule has 0 bridgehead atoms. The van der Waals surface area contributed by atoms with E-state index in [1.54, 1.807) is 0 Å². The number of aliphatic hydroxyl groups excluding tert-OH is 1. The highest BCUT2D eigenvalue weighted by molar-refractivity contribution is 4.54. The minimum Gasteiger partial charge on any atom is -0.396 e. The molecule has 0 radical (unpaired) electrons. The summed E-state index contributed by atoms with van der Waals surface area (Å²) in [5.41, 5.74) is 0. The lowest BCUT2D eigenvalue weighted by Crippen LogP contribution is -2.27. The summed E-state index contributed by atoms with van der Waals surface area (Å²) in [4.78, 5) is 0. The van der Waals surface area contributed by atoms with Gasteiger partial charge in [-0.25, -0.2) is 0 Å². The number of unbranched alkanes of at least 4 members (excludes halogenated alkanes) is 1. The first kappa shape index (κ1) is 18.8. The molecule has 116 valence electrons. The fourth-order valence-corrected chi connectivity index (χ4v) is 1.35. The maximum absolute atomic E-state index is 8.83. The van der Waals surface area contributed by atoms with Gasteiger partial charge in [0.25, 0.3) is 0 Å². The van der Waals surface area contributed by atoms with Crippen LogP contribution in [0.2, 0.25) is 0 Å². The molecule has 0 aliphatic rings. The molecule has 0 aliphatic heterocycles. The van der Waals surface area contributed by atoms with Crippen LogP contribution in [0.15, 0.2) is 0 Å². The van der Waals surface area contributed by atoms with Crippen LogP contribution in [0.3, 0.4) is 0 Å². The second-order valence-electron chi connectivity index (χ2n) is 4.68. The van der Waals surface area contributed by atoms with Crippen molar-refractivity contribution in [2.75, 3.05) is 59.3 Å². The molecule has 0 saturated carbocycles. The zero-order chi connectivity index (χ0) is 14.2. The van der Waals surface area contributed by atoms with E-state index in [2.05, 4.69) is 12.2 Å². The average Bonchev–Trinajstić information content (AvgIpc) is 2.43. The van der Waals surface area contributed by atoms with Crippen molar-refractivity contribution in [2.45, 2.75) is 26.7 Å². The Morgan fingerprint density at radius 1 is 0.947 bits per heavy atom. The van der Waals surface area contributed by atoms with Gasteiger partial charge >= 0.3 is 0 Å². The molecule has 0 rings (SSSR count). The van der Waals surface area contributed by atoms with E-state index in [4.69, 9.17) is 19.3 Å². The van der Waals surface area contributed by atoms with Crippen LogP contribution in [0.1, 0.15) is 26.7 Å². The predicted molar refractivity (Wildman–Crippen MR) is 76.5 cm³/mol. The molecule has 0 aromatic rings. The first-order valence-electron chi connectivity index (χ1n) is 7.36.